The van der Waals surface area contributed by atoms with Gasteiger partial charge in [-0.05, 0) is 43.9 Å². The molecule has 0 aliphatic heterocycles. The molecule has 0 aromatic heterocycles. The average Bonchev–Trinajstić information content (AvgIpc) is 3.00. The first-order chi connectivity index (χ1) is 13.1. The summed E-state index contributed by atoms with van der Waals surface area (Å²) in [5, 5.41) is 0. The highest BCUT2D eigenvalue weighted by Gasteiger charge is 2.45. The molecule has 1 unspecified atom stereocenters. The van der Waals surface area contributed by atoms with E-state index in [1.54, 1.807) is 0 Å². The van der Waals surface area contributed by atoms with Gasteiger partial charge in [-0.2, -0.15) is 0 Å². The number of aryl methyl sites for hydroxylation is 1. The molecule has 0 radical (unpaired) electrons. The van der Waals surface area contributed by atoms with Gasteiger partial charge in [0, 0.05) is 24.5 Å². The molecule has 142 valence electrons. The summed E-state index contributed by atoms with van der Waals surface area (Å²) >= 11 is 0. The van der Waals surface area contributed by atoms with Gasteiger partial charge in [0.1, 0.15) is 0 Å². The maximum Gasteiger partial charge on any atom is 0.170 e. The number of para-hydroxylation sites is 1. The zero-order valence-electron chi connectivity index (χ0n) is 16.9. The van der Waals surface area contributed by atoms with Crippen LogP contribution in [0.4, 0.5) is 5.69 Å². The van der Waals surface area contributed by atoms with Crippen molar-refractivity contribution in [3.8, 4) is 0 Å². The molecule has 0 amide bonds. The van der Waals surface area contributed by atoms with Crippen LogP contribution in [-0.4, -0.2) is 12.8 Å². The molecular weight excluding hydrogens is 330 g/mol. The van der Waals surface area contributed by atoms with Crippen molar-refractivity contribution in [3.05, 3.63) is 77.5 Å². The molecule has 2 aromatic rings. The molecule has 0 heterocycles. The van der Waals surface area contributed by atoms with E-state index < -0.39 is 0 Å². The van der Waals surface area contributed by atoms with Gasteiger partial charge < -0.3 is 4.90 Å². The maximum atomic E-state index is 13.6. The number of unbranched alkanes of at least 4 members (excludes halogenated alkanes) is 2. The van der Waals surface area contributed by atoms with E-state index in [0.717, 1.165) is 36.9 Å². The van der Waals surface area contributed by atoms with Crippen LogP contribution >= 0.6 is 0 Å². The SMILES string of the molecule is CCCCCC1(c2cccc(C)c2)CCC(=CN(C)c2ccccc2)C1=O. The van der Waals surface area contributed by atoms with Crippen molar-refractivity contribution >= 4 is 11.5 Å². The Kier molecular flexibility index (Phi) is 6.15. The number of ketones is 1. The van der Waals surface area contributed by atoms with Crippen molar-refractivity contribution < 1.29 is 4.79 Å². The first-order valence-electron chi connectivity index (χ1n) is 10.2. The van der Waals surface area contributed by atoms with Crippen LogP contribution in [0.25, 0.3) is 0 Å². The predicted octanol–water partition coefficient (Wildman–Crippen LogP) is 6.20. The van der Waals surface area contributed by atoms with Gasteiger partial charge in [0.05, 0.1) is 5.41 Å². The second kappa shape index (κ2) is 8.56. The van der Waals surface area contributed by atoms with Crippen LogP contribution in [0.1, 0.15) is 56.6 Å². The number of hydrogen-bond acceptors (Lipinski definition) is 2. The van der Waals surface area contributed by atoms with E-state index in [1.807, 2.05) is 25.2 Å². The number of benzene rings is 2. The molecule has 1 aliphatic rings. The van der Waals surface area contributed by atoms with Crippen molar-refractivity contribution in [1.82, 2.24) is 0 Å². The summed E-state index contributed by atoms with van der Waals surface area (Å²) in [5.74, 6) is 0.326. The maximum absolute atomic E-state index is 13.6. The lowest BCUT2D eigenvalue weighted by molar-refractivity contribution is -0.119. The van der Waals surface area contributed by atoms with Gasteiger partial charge in [0.2, 0.25) is 0 Å². The largest absolute Gasteiger partial charge is 0.351 e. The van der Waals surface area contributed by atoms with E-state index in [1.165, 1.54) is 24.0 Å². The fourth-order valence-corrected chi connectivity index (χ4v) is 4.25. The summed E-state index contributed by atoms with van der Waals surface area (Å²) in [7, 11) is 2.03. The summed E-state index contributed by atoms with van der Waals surface area (Å²) < 4.78 is 0. The number of rotatable bonds is 7. The van der Waals surface area contributed by atoms with Gasteiger partial charge in [-0.3, -0.25) is 4.79 Å². The number of anilines is 1. The summed E-state index contributed by atoms with van der Waals surface area (Å²) in [6, 6.07) is 18.8. The number of nitrogens with zero attached hydrogens (tertiary/aromatic N) is 1. The average molecular weight is 362 g/mol. The molecule has 1 atom stereocenters. The standard InChI is InChI=1S/C25H31NO/c1-4-5-9-16-25(22-12-10-11-20(2)18-22)17-15-21(24(25)27)19-26(3)23-13-7-6-8-14-23/h6-8,10-14,18-19H,4-5,9,15-17H2,1-3H3. The van der Waals surface area contributed by atoms with Gasteiger partial charge in [0.15, 0.2) is 5.78 Å². The summed E-state index contributed by atoms with van der Waals surface area (Å²) in [6.45, 7) is 4.33. The normalized spacial score (nSPS) is 21.0. The minimum absolute atomic E-state index is 0.326. The number of allylic oxidation sites excluding steroid dienone is 1. The van der Waals surface area contributed by atoms with Gasteiger partial charge in [-0.25, -0.2) is 0 Å². The smallest absolute Gasteiger partial charge is 0.170 e. The topological polar surface area (TPSA) is 20.3 Å². The Labute approximate surface area is 163 Å². The predicted molar refractivity (Wildman–Crippen MR) is 114 cm³/mol. The van der Waals surface area contributed by atoms with Gasteiger partial charge in [-0.1, -0.05) is 74.2 Å². The van der Waals surface area contributed by atoms with Crippen molar-refractivity contribution in [1.29, 1.82) is 0 Å². The molecule has 1 aliphatic carbocycles. The molecule has 0 bridgehead atoms. The Morgan fingerprint density at radius 2 is 1.85 bits per heavy atom. The van der Waals surface area contributed by atoms with Crippen LogP contribution < -0.4 is 4.90 Å². The highest BCUT2D eigenvalue weighted by molar-refractivity contribution is 6.06. The van der Waals surface area contributed by atoms with E-state index in [9.17, 15) is 4.79 Å². The molecule has 0 N–H and O–H groups in total. The number of Topliss-reactive ketones (excluding diaryl/α,β-unsaturated/α-hetero) is 1. The lowest BCUT2D eigenvalue weighted by atomic mass is 9.73. The van der Waals surface area contributed by atoms with E-state index in [4.69, 9.17) is 0 Å². The van der Waals surface area contributed by atoms with Crippen LogP contribution in [0.15, 0.2) is 66.4 Å². The third-order valence-electron chi connectivity index (χ3n) is 5.84. The van der Waals surface area contributed by atoms with Crippen LogP contribution in [0, 0.1) is 6.92 Å². The summed E-state index contributed by atoms with van der Waals surface area (Å²) in [5.41, 5.74) is 4.16. The quantitative estimate of drug-likeness (QED) is 0.432. The van der Waals surface area contributed by atoms with Crippen molar-refractivity contribution in [2.75, 3.05) is 11.9 Å². The van der Waals surface area contributed by atoms with E-state index >= 15 is 0 Å². The summed E-state index contributed by atoms with van der Waals surface area (Å²) in [4.78, 5) is 15.7. The molecule has 3 rings (SSSR count). The number of carbonyl (C=O) groups is 1. The Morgan fingerprint density at radius 3 is 2.56 bits per heavy atom. The molecular formula is C25H31NO. The zero-order valence-corrected chi connectivity index (χ0v) is 16.9. The first kappa shape index (κ1) is 19.4. The van der Waals surface area contributed by atoms with Gasteiger partial charge in [-0.15, -0.1) is 0 Å². The second-order valence-corrected chi connectivity index (χ2v) is 7.84. The fourth-order valence-electron chi connectivity index (χ4n) is 4.25. The molecule has 2 aromatic carbocycles. The summed E-state index contributed by atoms with van der Waals surface area (Å²) in [6.07, 6.45) is 8.26. The van der Waals surface area contributed by atoms with Gasteiger partial charge in [0.25, 0.3) is 0 Å². The highest BCUT2D eigenvalue weighted by atomic mass is 16.1. The molecule has 27 heavy (non-hydrogen) atoms. The minimum atomic E-state index is -0.343. The van der Waals surface area contributed by atoms with Crippen LogP contribution in [0.3, 0.4) is 0 Å². The second-order valence-electron chi connectivity index (χ2n) is 7.84. The van der Waals surface area contributed by atoms with Crippen molar-refractivity contribution in [3.63, 3.8) is 0 Å². The first-order valence-corrected chi connectivity index (χ1v) is 10.2. The van der Waals surface area contributed by atoms with Crippen LogP contribution in [0.2, 0.25) is 0 Å². The van der Waals surface area contributed by atoms with E-state index in [0.29, 0.717) is 5.78 Å². The molecule has 2 nitrogen and oxygen atoms in total. The zero-order chi connectivity index (χ0) is 19.3. The number of carbonyl (C=O) groups excluding carboxylic acids is 1. The Bertz CT molecular complexity index is 808. The Morgan fingerprint density at radius 1 is 1.07 bits per heavy atom. The lowest BCUT2D eigenvalue weighted by Gasteiger charge is -2.28. The highest BCUT2D eigenvalue weighted by Crippen LogP contribution is 2.45. The minimum Gasteiger partial charge on any atom is -0.351 e. The monoisotopic (exact) mass is 361 g/mol. The molecule has 2 heteroatoms. The van der Waals surface area contributed by atoms with Crippen LogP contribution in [-0.2, 0) is 10.2 Å². The molecule has 0 spiro atoms. The third-order valence-corrected chi connectivity index (χ3v) is 5.84. The van der Waals surface area contributed by atoms with Gasteiger partial charge >= 0.3 is 0 Å². The van der Waals surface area contributed by atoms with Crippen LogP contribution in [0.5, 0.6) is 0 Å². The van der Waals surface area contributed by atoms with Crippen molar-refractivity contribution in [2.24, 2.45) is 0 Å². The van der Waals surface area contributed by atoms with Crippen molar-refractivity contribution in [2.45, 2.75) is 57.8 Å². The molecule has 1 saturated carbocycles. The fraction of sp³-hybridized carbons (Fsp3) is 0.400. The molecule has 1 fully saturated rings. The third kappa shape index (κ3) is 4.16. The van der Waals surface area contributed by atoms with E-state index in [-0.39, 0.29) is 5.41 Å². The van der Waals surface area contributed by atoms with E-state index in [2.05, 4.69) is 61.3 Å². The Hall–Kier alpha value is -2.35. The molecule has 0 saturated heterocycles. The number of hydrogen-bond donors (Lipinski definition) is 0. The Balaban J connectivity index is 1.91. The lowest BCUT2D eigenvalue weighted by Crippen LogP contribution is -2.32.